The van der Waals surface area contributed by atoms with Crippen LogP contribution in [0, 0.1) is 13.8 Å². The first-order chi connectivity index (χ1) is 18.4. The number of pyridine rings is 1. The molecule has 0 radical (unpaired) electrons. The second-order valence-electron chi connectivity index (χ2n) is 10.7. The number of anilines is 1. The number of ether oxygens (including phenoxy) is 1. The number of fused-ring (bicyclic) bond motifs is 1. The van der Waals surface area contributed by atoms with Crippen LogP contribution < -0.4 is 10.6 Å². The van der Waals surface area contributed by atoms with Crippen LogP contribution in [0.2, 0.25) is 0 Å². The maximum atomic E-state index is 11.8. The van der Waals surface area contributed by atoms with E-state index in [1.807, 2.05) is 38.4 Å². The van der Waals surface area contributed by atoms with Crippen LogP contribution >= 0.6 is 0 Å². The number of nitrogens with zero attached hydrogens (tertiary/aromatic N) is 3. The molecule has 7 nitrogen and oxygen atoms in total. The Hall–Kier alpha value is -3.68. The van der Waals surface area contributed by atoms with Gasteiger partial charge >= 0.3 is 0 Å². The molecule has 1 unspecified atom stereocenters. The van der Waals surface area contributed by atoms with Crippen molar-refractivity contribution in [2.45, 2.75) is 26.2 Å². The van der Waals surface area contributed by atoms with E-state index in [0.29, 0.717) is 11.5 Å². The van der Waals surface area contributed by atoms with Gasteiger partial charge in [0, 0.05) is 78.9 Å². The van der Waals surface area contributed by atoms with Gasteiger partial charge in [-0.15, -0.1) is 0 Å². The summed E-state index contributed by atoms with van der Waals surface area (Å²) in [4.78, 5) is 24.9. The molecule has 38 heavy (non-hydrogen) atoms. The molecule has 2 saturated heterocycles. The number of likely N-dealkylation sites (N-methyl/N-ethyl adjacent to an activating group) is 1. The maximum absolute atomic E-state index is 11.8. The number of carbonyl (C=O) groups is 1. The van der Waals surface area contributed by atoms with Crippen molar-refractivity contribution in [3.63, 3.8) is 0 Å². The Morgan fingerprint density at radius 2 is 1.84 bits per heavy atom. The zero-order valence-corrected chi connectivity index (χ0v) is 22.4. The van der Waals surface area contributed by atoms with Crippen molar-refractivity contribution in [1.82, 2.24) is 14.9 Å². The molecule has 1 amide bonds. The topological polar surface area (TPSA) is 87.5 Å². The Morgan fingerprint density at radius 3 is 2.58 bits per heavy atom. The number of aromatic amines is 1. The highest BCUT2D eigenvalue weighted by atomic mass is 16.5. The average Bonchev–Trinajstić information content (AvgIpc) is 3.60. The number of hydrogen-bond acceptors (Lipinski definition) is 5. The minimum atomic E-state index is -0.400. The van der Waals surface area contributed by atoms with Crippen LogP contribution in [0.3, 0.4) is 0 Å². The molecule has 4 aromatic rings. The number of rotatable bonds is 5. The van der Waals surface area contributed by atoms with E-state index in [2.05, 4.69) is 46.1 Å². The van der Waals surface area contributed by atoms with E-state index >= 15 is 0 Å². The zero-order chi connectivity index (χ0) is 26.4. The molecule has 0 aliphatic carbocycles. The van der Waals surface area contributed by atoms with Crippen molar-refractivity contribution < 1.29 is 9.53 Å². The summed E-state index contributed by atoms with van der Waals surface area (Å²) in [5.41, 5.74) is 16.1. The third kappa shape index (κ3) is 4.36. The molecule has 0 bridgehead atoms. The van der Waals surface area contributed by atoms with Gasteiger partial charge < -0.3 is 25.3 Å². The Kier molecular flexibility index (Phi) is 6.41. The van der Waals surface area contributed by atoms with E-state index in [1.54, 1.807) is 0 Å². The fourth-order valence-corrected chi connectivity index (χ4v) is 5.94. The van der Waals surface area contributed by atoms with Crippen LogP contribution in [0.15, 0.2) is 48.8 Å². The van der Waals surface area contributed by atoms with Gasteiger partial charge in [0.15, 0.2) is 0 Å². The summed E-state index contributed by atoms with van der Waals surface area (Å²) in [6, 6.07) is 12.9. The van der Waals surface area contributed by atoms with Crippen LogP contribution in [0.1, 0.15) is 39.4 Å². The third-order valence-corrected chi connectivity index (χ3v) is 8.45. The van der Waals surface area contributed by atoms with Gasteiger partial charge in [-0.1, -0.05) is 12.1 Å². The molecule has 0 spiro atoms. The fourth-order valence-electron chi connectivity index (χ4n) is 5.94. The molecule has 1 atom stereocenters. The Balaban J connectivity index is 1.41. The lowest BCUT2D eigenvalue weighted by Crippen LogP contribution is -2.44. The standard InChI is InChI=1S/C31H35N5O2/c1-19-20(2)25(30(32)37)6-5-24(19)28-17-34-31-27(28)15-23(16-33-31)21-4-7-29(36-11-9-35(3)10-12-36)26(14-21)22-8-13-38-18-22/h4-7,14-17,22H,8-13,18H2,1-3H3,(H2,32,37)(H,33,34). The number of hydrogen-bond donors (Lipinski definition) is 2. The van der Waals surface area contributed by atoms with Crippen LogP contribution in [0.25, 0.3) is 33.3 Å². The molecular formula is C31H35N5O2. The van der Waals surface area contributed by atoms with Crippen molar-refractivity contribution in [2.24, 2.45) is 5.73 Å². The van der Waals surface area contributed by atoms with Crippen LogP contribution in [-0.4, -0.2) is 67.2 Å². The van der Waals surface area contributed by atoms with E-state index in [4.69, 9.17) is 15.5 Å². The largest absolute Gasteiger partial charge is 0.381 e. The molecule has 6 rings (SSSR count). The molecule has 2 aliphatic rings. The molecule has 2 aromatic heterocycles. The van der Waals surface area contributed by atoms with Gasteiger partial charge in [-0.2, -0.15) is 0 Å². The Labute approximate surface area is 223 Å². The molecule has 2 aromatic carbocycles. The van der Waals surface area contributed by atoms with E-state index in [1.165, 1.54) is 16.8 Å². The number of benzene rings is 2. The monoisotopic (exact) mass is 509 g/mol. The predicted octanol–water partition coefficient (Wildman–Crippen LogP) is 4.87. The number of H-pyrrole nitrogens is 1. The van der Waals surface area contributed by atoms with Crippen LogP contribution in [-0.2, 0) is 4.74 Å². The van der Waals surface area contributed by atoms with Gasteiger partial charge in [-0.3, -0.25) is 4.79 Å². The number of aromatic nitrogens is 2. The van der Waals surface area contributed by atoms with Crippen molar-refractivity contribution in [3.8, 4) is 22.3 Å². The number of piperazine rings is 1. The van der Waals surface area contributed by atoms with Gasteiger partial charge in [0.05, 0.1) is 6.61 Å². The van der Waals surface area contributed by atoms with Crippen LogP contribution in [0.5, 0.6) is 0 Å². The van der Waals surface area contributed by atoms with Crippen molar-refractivity contribution in [2.75, 3.05) is 51.3 Å². The molecule has 2 fully saturated rings. The van der Waals surface area contributed by atoms with Gasteiger partial charge in [0.2, 0.25) is 5.91 Å². The van der Waals surface area contributed by atoms with E-state index in [-0.39, 0.29) is 0 Å². The quantitative estimate of drug-likeness (QED) is 0.401. The SMILES string of the molecule is Cc1c(C(N)=O)ccc(-c2c[nH]c3ncc(-c4ccc(N5CCN(C)CC5)c(C5CCOC5)c4)cc23)c1C. The number of primary amides is 1. The third-order valence-electron chi connectivity index (χ3n) is 8.45. The second kappa shape index (κ2) is 9.89. The van der Waals surface area contributed by atoms with E-state index < -0.39 is 5.91 Å². The van der Waals surface area contributed by atoms with Crippen molar-refractivity contribution >= 4 is 22.6 Å². The minimum absolute atomic E-state index is 0.400. The number of amides is 1. The summed E-state index contributed by atoms with van der Waals surface area (Å²) in [6.07, 6.45) is 5.02. The number of carbonyl (C=O) groups excluding carboxylic acids is 1. The lowest BCUT2D eigenvalue weighted by molar-refractivity contribution is 0.0999. The molecule has 4 heterocycles. The molecule has 3 N–H and O–H groups in total. The minimum Gasteiger partial charge on any atom is -0.381 e. The van der Waals surface area contributed by atoms with Crippen molar-refractivity contribution in [1.29, 1.82) is 0 Å². The normalized spacial score (nSPS) is 18.4. The highest BCUT2D eigenvalue weighted by molar-refractivity contribution is 5.99. The van der Waals surface area contributed by atoms with E-state index in [0.717, 1.165) is 84.7 Å². The average molecular weight is 510 g/mol. The number of nitrogens with one attached hydrogen (secondary N) is 1. The first-order valence-corrected chi connectivity index (χ1v) is 13.4. The smallest absolute Gasteiger partial charge is 0.248 e. The summed E-state index contributed by atoms with van der Waals surface area (Å²) in [7, 11) is 2.19. The molecule has 7 heteroatoms. The maximum Gasteiger partial charge on any atom is 0.248 e. The first-order valence-electron chi connectivity index (χ1n) is 13.4. The van der Waals surface area contributed by atoms with E-state index in [9.17, 15) is 4.79 Å². The summed E-state index contributed by atoms with van der Waals surface area (Å²) >= 11 is 0. The van der Waals surface area contributed by atoms with Crippen LogP contribution in [0.4, 0.5) is 5.69 Å². The van der Waals surface area contributed by atoms with Gasteiger partial charge in [0.1, 0.15) is 5.65 Å². The predicted molar refractivity (Wildman–Crippen MR) is 153 cm³/mol. The Bertz CT molecular complexity index is 1510. The summed E-state index contributed by atoms with van der Waals surface area (Å²) in [5, 5.41) is 1.06. The summed E-state index contributed by atoms with van der Waals surface area (Å²) < 4.78 is 5.80. The highest BCUT2D eigenvalue weighted by Crippen LogP contribution is 2.38. The molecule has 2 aliphatic heterocycles. The fraction of sp³-hybridized carbons (Fsp3) is 0.355. The molecule has 196 valence electrons. The highest BCUT2D eigenvalue weighted by Gasteiger charge is 2.25. The van der Waals surface area contributed by atoms with Gasteiger partial charge in [-0.05, 0) is 79.4 Å². The summed E-state index contributed by atoms with van der Waals surface area (Å²) in [5.74, 6) is 0.0158. The van der Waals surface area contributed by atoms with Crippen molar-refractivity contribution in [3.05, 3.63) is 71.0 Å². The van der Waals surface area contributed by atoms with Gasteiger partial charge in [0.25, 0.3) is 0 Å². The number of nitrogens with two attached hydrogens (primary N) is 1. The molecular weight excluding hydrogens is 474 g/mol. The zero-order valence-electron chi connectivity index (χ0n) is 22.4. The summed E-state index contributed by atoms with van der Waals surface area (Å²) in [6.45, 7) is 9.85. The Morgan fingerprint density at radius 1 is 1.03 bits per heavy atom. The molecule has 0 saturated carbocycles. The lowest BCUT2D eigenvalue weighted by atomic mass is 9.91. The van der Waals surface area contributed by atoms with Gasteiger partial charge in [-0.25, -0.2) is 4.98 Å². The lowest BCUT2D eigenvalue weighted by Gasteiger charge is -2.36. The second-order valence-corrected chi connectivity index (χ2v) is 10.7. The first kappa shape index (κ1) is 24.6.